The van der Waals surface area contributed by atoms with Crippen molar-refractivity contribution in [1.29, 1.82) is 0 Å². The molecule has 0 N–H and O–H groups in total. The first kappa shape index (κ1) is 18.5. The van der Waals surface area contributed by atoms with Crippen molar-refractivity contribution in [3.63, 3.8) is 0 Å². The first-order valence-corrected chi connectivity index (χ1v) is 9.42. The van der Waals surface area contributed by atoms with E-state index >= 15 is 0 Å². The molecule has 0 aliphatic carbocycles. The first-order valence-electron chi connectivity index (χ1n) is 9.42. The standard InChI is InChI=1S/C20H28N2O4/c1-15(23)22-11-5-6-16(14-22)20(24)21-12-9-17(10-13-21)26-19-8-4-3-7-18(19)25-2/h3-4,7-8,16-17H,5-6,9-14H2,1-2H3/t16-/m1/s1. The molecule has 6 nitrogen and oxygen atoms in total. The maximum absolute atomic E-state index is 12.8. The van der Waals surface area contributed by atoms with Crippen molar-refractivity contribution >= 4 is 11.8 Å². The number of rotatable bonds is 4. The van der Waals surface area contributed by atoms with Crippen LogP contribution < -0.4 is 9.47 Å². The number of nitrogens with zero attached hydrogens (tertiary/aromatic N) is 2. The Balaban J connectivity index is 1.51. The first-order chi connectivity index (χ1) is 12.6. The number of hydrogen-bond acceptors (Lipinski definition) is 4. The number of ether oxygens (including phenoxy) is 2. The Bertz CT molecular complexity index is 640. The molecule has 0 bridgehead atoms. The summed E-state index contributed by atoms with van der Waals surface area (Å²) >= 11 is 0. The third kappa shape index (κ3) is 4.29. The van der Waals surface area contributed by atoms with Gasteiger partial charge in [0.25, 0.3) is 0 Å². The minimum absolute atomic E-state index is 0.0562. The van der Waals surface area contributed by atoms with Crippen molar-refractivity contribution in [3.05, 3.63) is 24.3 Å². The quantitative estimate of drug-likeness (QED) is 0.827. The van der Waals surface area contributed by atoms with Gasteiger partial charge in [-0.15, -0.1) is 0 Å². The van der Waals surface area contributed by atoms with E-state index in [1.165, 1.54) is 0 Å². The molecular weight excluding hydrogens is 332 g/mol. The van der Waals surface area contributed by atoms with Gasteiger partial charge in [-0.25, -0.2) is 0 Å². The molecular formula is C20H28N2O4. The fourth-order valence-electron chi connectivity index (χ4n) is 3.81. The van der Waals surface area contributed by atoms with Gasteiger partial charge >= 0.3 is 0 Å². The molecule has 0 saturated carbocycles. The average Bonchev–Trinajstić information content (AvgIpc) is 2.68. The maximum Gasteiger partial charge on any atom is 0.227 e. The molecule has 2 fully saturated rings. The summed E-state index contributed by atoms with van der Waals surface area (Å²) in [5, 5.41) is 0. The van der Waals surface area contributed by atoms with Crippen LogP contribution in [0.4, 0.5) is 0 Å². The molecule has 0 radical (unpaired) electrons. The molecule has 0 aromatic heterocycles. The lowest BCUT2D eigenvalue weighted by atomic mass is 9.95. The van der Waals surface area contributed by atoms with Crippen molar-refractivity contribution in [3.8, 4) is 11.5 Å². The Morgan fingerprint density at radius 3 is 2.35 bits per heavy atom. The lowest BCUT2D eigenvalue weighted by molar-refractivity contribution is -0.141. The van der Waals surface area contributed by atoms with Gasteiger partial charge in [0.15, 0.2) is 11.5 Å². The van der Waals surface area contributed by atoms with Crippen LogP contribution in [-0.2, 0) is 9.59 Å². The van der Waals surface area contributed by atoms with Crippen molar-refractivity contribution in [1.82, 2.24) is 9.80 Å². The number of methoxy groups -OCH3 is 1. The molecule has 2 aliphatic heterocycles. The molecule has 26 heavy (non-hydrogen) atoms. The normalized spacial score (nSPS) is 21.4. The number of carbonyl (C=O) groups excluding carboxylic acids is 2. The molecule has 2 saturated heterocycles. The fourth-order valence-corrected chi connectivity index (χ4v) is 3.81. The van der Waals surface area contributed by atoms with Gasteiger partial charge in [0.2, 0.25) is 11.8 Å². The van der Waals surface area contributed by atoms with Crippen LogP contribution in [0.3, 0.4) is 0 Å². The fraction of sp³-hybridized carbons (Fsp3) is 0.600. The van der Waals surface area contributed by atoms with E-state index in [1.54, 1.807) is 18.9 Å². The van der Waals surface area contributed by atoms with E-state index in [0.717, 1.165) is 43.7 Å². The molecule has 2 aliphatic rings. The summed E-state index contributed by atoms with van der Waals surface area (Å²) in [6.45, 7) is 4.32. The zero-order valence-corrected chi connectivity index (χ0v) is 15.6. The number of carbonyl (C=O) groups is 2. The van der Waals surface area contributed by atoms with Gasteiger partial charge < -0.3 is 19.3 Å². The van der Waals surface area contributed by atoms with Crippen molar-refractivity contribution in [2.24, 2.45) is 5.92 Å². The van der Waals surface area contributed by atoms with Crippen LogP contribution in [0.2, 0.25) is 0 Å². The van der Waals surface area contributed by atoms with Crippen LogP contribution in [0.5, 0.6) is 11.5 Å². The third-order valence-corrected chi connectivity index (χ3v) is 5.33. The minimum Gasteiger partial charge on any atom is -0.493 e. The highest BCUT2D eigenvalue weighted by Crippen LogP contribution is 2.29. The van der Waals surface area contributed by atoms with Crippen molar-refractivity contribution < 1.29 is 19.1 Å². The number of amides is 2. The van der Waals surface area contributed by atoms with Crippen molar-refractivity contribution in [2.75, 3.05) is 33.3 Å². The van der Waals surface area contributed by atoms with E-state index < -0.39 is 0 Å². The summed E-state index contributed by atoms with van der Waals surface area (Å²) in [7, 11) is 1.64. The van der Waals surface area contributed by atoms with Crippen LogP contribution in [0.15, 0.2) is 24.3 Å². The van der Waals surface area contributed by atoms with Crippen LogP contribution in [0.1, 0.15) is 32.6 Å². The Morgan fingerprint density at radius 1 is 1.00 bits per heavy atom. The summed E-state index contributed by atoms with van der Waals surface area (Å²) in [5.74, 6) is 1.68. The molecule has 6 heteroatoms. The number of para-hydroxylation sites is 2. The van der Waals surface area contributed by atoms with E-state index in [1.807, 2.05) is 29.2 Å². The Hall–Kier alpha value is -2.24. The van der Waals surface area contributed by atoms with Gasteiger partial charge in [0, 0.05) is 45.9 Å². The minimum atomic E-state index is -0.0562. The smallest absolute Gasteiger partial charge is 0.227 e. The topological polar surface area (TPSA) is 59.1 Å². The summed E-state index contributed by atoms with van der Waals surface area (Å²) in [6, 6.07) is 7.65. The van der Waals surface area contributed by atoms with Gasteiger partial charge in [-0.1, -0.05) is 12.1 Å². The van der Waals surface area contributed by atoms with E-state index in [2.05, 4.69) is 0 Å². The largest absolute Gasteiger partial charge is 0.493 e. The lowest BCUT2D eigenvalue weighted by Gasteiger charge is -2.37. The molecule has 2 heterocycles. The number of hydrogen-bond donors (Lipinski definition) is 0. The summed E-state index contributed by atoms with van der Waals surface area (Å²) in [6.07, 6.45) is 3.50. The molecule has 1 aromatic carbocycles. The van der Waals surface area contributed by atoms with Gasteiger partial charge in [-0.3, -0.25) is 9.59 Å². The molecule has 3 rings (SSSR count). The second-order valence-corrected chi connectivity index (χ2v) is 7.10. The van der Waals surface area contributed by atoms with Crippen molar-refractivity contribution in [2.45, 2.75) is 38.7 Å². The molecule has 1 atom stereocenters. The molecule has 0 spiro atoms. The Kier molecular flexibility index (Phi) is 6.01. The van der Waals surface area contributed by atoms with Gasteiger partial charge in [0.05, 0.1) is 13.0 Å². The molecule has 2 amide bonds. The maximum atomic E-state index is 12.8. The molecule has 142 valence electrons. The Labute approximate surface area is 155 Å². The van der Waals surface area contributed by atoms with Crippen LogP contribution >= 0.6 is 0 Å². The monoisotopic (exact) mass is 360 g/mol. The van der Waals surface area contributed by atoms with Crippen LogP contribution in [0, 0.1) is 5.92 Å². The summed E-state index contributed by atoms with van der Waals surface area (Å²) < 4.78 is 11.4. The van der Waals surface area contributed by atoms with Crippen LogP contribution in [-0.4, -0.2) is 61.0 Å². The molecule has 0 unspecified atom stereocenters. The highest BCUT2D eigenvalue weighted by atomic mass is 16.5. The summed E-state index contributed by atoms with van der Waals surface area (Å²) in [4.78, 5) is 28.1. The molecule has 1 aromatic rings. The van der Waals surface area contributed by atoms with Gasteiger partial charge in [-0.05, 0) is 25.0 Å². The van der Waals surface area contributed by atoms with E-state index in [0.29, 0.717) is 19.6 Å². The highest BCUT2D eigenvalue weighted by molar-refractivity contribution is 5.81. The van der Waals surface area contributed by atoms with Crippen LogP contribution in [0.25, 0.3) is 0 Å². The lowest BCUT2D eigenvalue weighted by Crippen LogP contribution is -2.49. The van der Waals surface area contributed by atoms with Gasteiger partial charge in [-0.2, -0.15) is 0 Å². The van der Waals surface area contributed by atoms with E-state index in [9.17, 15) is 9.59 Å². The van der Waals surface area contributed by atoms with E-state index in [4.69, 9.17) is 9.47 Å². The van der Waals surface area contributed by atoms with E-state index in [-0.39, 0.29) is 23.8 Å². The zero-order chi connectivity index (χ0) is 18.5. The third-order valence-electron chi connectivity index (χ3n) is 5.33. The predicted octanol–water partition coefficient (Wildman–Crippen LogP) is 2.32. The number of benzene rings is 1. The predicted molar refractivity (Wildman–Crippen MR) is 98.2 cm³/mol. The Morgan fingerprint density at radius 2 is 1.69 bits per heavy atom. The summed E-state index contributed by atoms with van der Waals surface area (Å²) in [5.41, 5.74) is 0. The number of piperidine rings is 2. The zero-order valence-electron chi connectivity index (χ0n) is 15.6. The second kappa shape index (κ2) is 8.43. The van der Waals surface area contributed by atoms with Gasteiger partial charge in [0.1, 0.15) is 6.10 Å². The highest BCUT2D eigenvalue weighted by Gasteiger charge is 2.32. The average molecular weight is 360 g/mol. The number of likely N-dealkylation sites (tertiary alicyclic amines) is 2. The second-order valence-electron chi connectivity index (χ2n) is 7.10. The SMILES string of the molecule is COc1ccccc1OC1CCN(C(=O)[C@@H]2CCCN(C(C)=O)C2)CC1.